The number of hydrogen-bond acceptors (Lipinski definition) is 3. The summed E-state index contributed by atoms with van der Waals surface area (Å²) >= 11 is 0. The zero-order valence-corrected chi connectivity index (χ0v) is 10.9. The van der Waals surface area contributed by atoms with Crippen LogP contribution in [0.3, 0.4) is 0 Å². The van der Waals surface area contributed by atoms with E-state index in [1.54, 1.807) is 31.2 Å². The van der Waals surface area contributed by atoms with Crippen molar-refractivity contribution in [1.29, 1.82) is 0 Å². The number of amides is 1. The van der Waals surface area contributed by atoms with Crippen molar-refractivity contribution in [2.24, 2.45) is 5.92 Å². The summed E-state index contributed by atoms with van der Waals surface area (Å²) in [6.07, 6.45) is 2.72. The van der Waals surface area contributed by atoms with Crippen molar-refractivity contribution in [2.45, 2.75) is 13.0 Å². The van der Waals surface area contributed by atoms with Crippen molar-refractivity contribution in [3.63, 3.8) is 0 Å². The number of aliphatic carboxylic acids is 1. The number of benzene rings is 1. The van der Waals surface area contributed by atoms with Gasteiger partial charge in [-0.1, -0.05) is 30.3 Å². The summed E-state index contributed by atoms with van der Waals surface area (Å²) in [5.74, 6) is -2.07. The van der Waals surface area contributed by atoms with Crippen LogP contribution < -0.4 is 5.32 Å². The van der Waals surface area contributed by atoms with E-state index < -0.39 is 17.9 Å². The van der Waals surface area contributed by atoms with Crippen molar-refractivity contribution in [3.8, 4) is 0 Å². The van der Waals surface area contributed by atoms with Crippen LogP contribution in [-0.2, 0) is 4.79 Å². The molecule has 2 unspecified atom stereocenters. The molecule has 20 heavy (non-hydrogen) atoms. The van der Waals surface area contributed by atoms with E-state index >= 15 is 0 Å². The van der Waals surface area contributed by atoms with Gasteiger partial charge in [0.05, 0.1) is 23.8 Å². The van der Waals surface area contributed by atoms with Gasteiger partial charge in [-0.05, 0) is 18.6 Å². The standard InChI is InChI=1S/C15H15NO4/c1-10(15(18)19)13(11-5-3-2-4-6-11)16-14(17)12-7-8-20-9-12/h2-10,13H,1H3,(H,16,17)(H,18,19). The van der Waals surface area contributed by atoms with Crippen LogP contribution in [0.5, 0.6) is 0 Å². The first kappa shape index (κ1) is 13.9. The molecule has 1 amide bonds. The van der Waals surface area contributed by atoms with Gasteiger partial charge in [0.25, 0.3) is 5.91 Å². The second-order valence-corrected chi connectivity index (χ2v) is 4.50. The summed E-state index contributed by atoms with van der Waals surface area (Å²) in [6, 6.07) is 9.96. The summed E-state index contributed by atoms with van der Waals surface area (Å²) < 4.78 is 4.85. The SMILES string of the molecule is CC(C(=O)O)C(NC(=O)c1ccoc1)c1ccccc1. The molecule has 0 radical (unpaired) electrons. The highest BCUT2D eigenvalue weighted by Gasteiger charge is 2.27. The molecule has 0 aliphatic carbocycles. The van der Waals surface area contributed by atoms with Crippen molar-refractivity contribution in [3.05, 3.63) is 60.1 Å². The Hall–Kier alpha value is -2.56. The van der Waals surface area contributed by atoms with Crippen LogP contribution in [0.15, 0.2) is 53.3 Å². The molecular formula is C15H15NO4. The van der Waals surface area contributed by atoms with E-state index in [1.807, 2.05) is 6.07 Å². The number of carboxylic acids is 1. The second-order valence-electron chi connectivity index (χ2n) is 4.50. The van der Waals surface area contributed by atoms with E-state index in [2.05, 4.69) is 5.32 Å². The molecule has 0 spiro atoms. The maximum absolute atomic E-state index is 12.1. The molecule has 1 aromatic heterocycles. The molecule has 0 saturated carbocycles. The van der Waals surface area contributed by atoms with Crippen LogP contribution in [0.25, 0.3) is 0 Å². The molecule has 2 atom stereocenters. The van der Waals surface area contributed by atoms with Gasteiger partial charge in [0.2, 0.25) is 0 Å². The molecule has 0 saturated heterocycles. The third-order valence-corrected chi connectivity index (χ3v) is 3.12. The average Bonchev–Trinajstić information content (AvgIpc) is 2.99. The number of furan rings is 1. The minimum atomic E-state index is -0.966. The Balaban J connectivity index is 2.24. The van der Waals surface area contributed by atoms with Crippen LogP contribution in [0, 0.1) is 5.92 Å². The van der Waals surface area contributed by atoms with Crippen LogP contribution in [0.2, 0.25) is 0 Å². The molecule has 2 rings (SSSR count). The Morgan fingerprint density at radius 1 is 1.20 bits per heavy atom. The van der Waals surface area contributed by atoms with E-state index in [-0.39, 0.29) is 5.91 Å². The van der Waals surface area contributed by atoms with Crippen LogP contribution >= 0.6 is 0 Å². The number of carbonyl (C=O) groups is 2. The summed E-state index contributed by atoms with van der Waals surface area (Å²) in [6.45, 7) is 1.57. The molecule has 0 fully saturated rings. The topological polar surface area (TPSA) is 79.5 Å². The maximum atomic E-state index is 12.1. The van der Waals surface area contributed by atoms with E-state index in [0.29, 0.717) is 5.56 Å². The molecule has 5 heteroatoms. The molecule has 104 valence electrons. The summed E-state index contributed by atoms with van der Waals surface area (Å²) in [7, 11) is 0. The van der Waals surface area contributed by atoms with Gasteiger partial charge in [-0.3, -0.25) is 9.59 Å². The van der Waals surface area contributed by atoms with Crippen molar-refractivity contribution >= 4 is 11.9 Å². The van der Waals surface area contributed by atoms with Crippen molar-refractivity contribution in [2.75, 3.05) is 0 Å². The predicted molar refractivity (Wildman–Crippen MR) is 72.2 cm³/mol. The predicted octanol–water partition coefficient (Wildman–Crippen LogP) is 2.47. The van der Waals surface area contributed by atoms with Gasteiger partial charge in [-0.15, -0.1) is 0 Å². The monoisotopic (exact) mass is 273 g/mol. The van der Waals surface area contributed by atoms with E-state index in [4.69, 9.17) is 4.42 Å². The van der Waals surface area contributed by atoms with Gasteiger partial charge >= 0.3 is 5.97 Å². The van der Waals surface area contributed by atoms with Gasteiger partial charge in [-0.25, -0.2) is 0 Å². The first-order chi connectivity index (χ1) is 9.59. The van der Waals surface area contributed by atoms with E-state index in [9.17, 15) is 14.7 Å². The fourth-order valence-corrected chi connectivity index (χ4v) is 1.92. The van der Waals surface area contributed by atoms with Gasteiger partial charge in [0, 0.05) is 0 Å². The lowest BCUT2D eigenvalue weighted by atomic mass is 9.94. The normalized spacial score (nSPS) is 13.4. The molecule has 2 N–H and O–H groups in total. The van der Waals surface area contributed by atoms with Crippen LogP contribution in [0.4, 0.5) is 0 Å². The largest absolute Gasteiger partial charge is 0.481 e. The minimum Gasteiger partial charge on any atom is -0.481 e. The smallest absolute Gasteiger partial charge is 0.308 e. The molecule has 1 aromatic carbocycles. The quantitative estimate of drug-likeness (QED) is 0.877. The Labute approximate surface area is 116 Å². The van der Waals surface area contributed by atoms with Crippen LogP contribution in [0.1, 0.15) is 28.9 Å². The van der Waals surface area contributed by atoms with Crippen molar-refractivity contribution in [1.82, 2.24) is 5.32 Å². The van der Waals surface area contributed by atoms with Crippen LogP contribution in [-0.4, -0.2) is 17.0 Å². The molecule has 1 heterocycles. The van der Waals surface area contributed by atoms with Gasteiger partial charge in [-0.2, -0.15) is 0 Å². The Morgan fingerprint density at radius 2 is 1.90 bits per heavy atom. The van der Waals surface area contributed by atoms with Crippen molar-refractivity contribution < 1.29 is 19.1 Å². The maximum Gasteiger partial charge on any atom is 0.308 e. The van der Waals surface area contributed by atoms with Gasteiger partial charge in [0.1, 0.15) is 6.26 Å². The summed E-state index contributed by atoms with van der Waals surface area (Å²) in [4.78, 5) is 23.3. The highest BCUT2D eigenvalue weighted by atomic mass is 16.4. The lowest BCUT2D eigenvalue weighted by molar-refractivity contribution is -0.142. The van der Waals surface area contributed by atoms with E-state index in [0.717, 1.165) is 5.56 Å². The Kier molecular flexibility index (Phi) is 4.20. The third-order valence-electron chi connectivity index (χ3n) is 3.12. The summed E-state index contributed by atoms with van der Waals surface area (Å²) in [5, 5.41) is 11.9. The van der Waals surface area contributed by atoms with Gasteiger partial charge < -0.3 is 14.8 Å². The zero-order chi connectivity index (χ0) is 14.5. The molecule has 2 aromatic rings. The zero-order valence-electron chi connectivity index (χ0n) is 10.9. The first-order valence-electron chi connectivity index (χ1n) is 6.20. The Morgan fingerprint density at radius 3 is 2.45 bits per heavy atom. The number of carboxylic acid groups (broad SMARTS) is 1. The first-order valence-corrected chi connectivity index (χ1v) is 6.20. The fraction of sp³-hybridized carbons (Fsp3) is 0.200. The molecule has 0 aliphatic rings. The number of carbonyl (C=O) groups excluding carboxylic acids is 1. The number of hydrogen-bond donors (Lipinski definition) is 2. The molecule has 0 bridgehead atoms. The second kappa shape index (κ2) is 6.06. The highest BCUT2D eigenvalue weighted by molar-refractivity contribution is 5.94. The highest BCUT2D eigenvalue weighted by Crippen LogP contribution is 2.22. The minimum absolute atomic E-state index is 0.360. The summed E-state index contributed by atoms with van der Waals surface area (Å²) in [5.41, 5.74) is 1.11. The van der Waals surface area contributed by atoms with E-state index in [1.165, 1.54) is 18.6 Å². The number of rotatable bonds is 5. The number of nitrogens with one attached hydrogen (secondary N) is 1. The van der Waals surface area contributed by atoms with Gasteiger partial charge in [0.15, 0.2) is 0 Å². The molecule has 0 aliphatic heterocycles. The Bertz CT molecular complexity index is 577. The fourth-order valence-electron chi connectivity index (χ4n) is 1.92. The average molecular weight is 273 g/mol. The third kappa shape index (κ3) is 3.06. The molecule has 5 nitrogen and oxygen atoms in total. The lowest BCUT2D eigenvalue weighted by Gasteiger charge is -2.22. The molecular weight excluding hydrogens is 258 g/mol. The lowest BCUT2D eigenvalue weighted by Crippen LogP contribution is -2.35.